The Bertz CT molecular complexity index is 1790. The third-order valence-electron chi connectivity index (χ3n) is 8.69. The van der Waals surface area contributed by atoms with Gasteiger partial charge in [-0.3, -0.25) is 0 Å². The molecule has 0 amide bonds. The Morgan fingerprint density at radius 3 is 1.13 bits per heavy atom. The summed E-state index contributed by atoms with van der Waals surface area (Å²) in [5.74, 6) is 0. The van der Waals surface area contributed by atoms with E-state index in [1.54, 1.807) is 0 Å². The highest BCUT2D eigenvalue weighted by Gasteiger charge is 2.20. The molecule has 6 aromatic rings. The molecule has 0 aliphatic carbocycles. The van der Waals surface area contributed by atoms with E-state index in [1.165, 1.54) is 35.1 Å². The van der Waals surface area contributed by atoms with Crippen molar-refractivity contribution in [2.24, 2.45) is 0 Å². The first kappa shape index (κ1) is 30.0. The van der Waals surface area contributed by atoms with Crippen molar-refractivity contribution < 1.29 is 0 Å². The maximum Gasteiger partial charge on any atom is 0.0462 e. The molecule has 0 unspecified atom stereocenters. The van der Waals surface area contributed by atoms with Gasteiger partial charge in [0.25, 0.3) is 0 Å². The molecule has 45 heavy (non-hydrogen) atoms. The molecule has 6 aromatic carbocycles. The lowest BCUT2D eigenvalue weighted by Crippen LogP contribution is -2.17. The maximum atomic E-state index is 2.34. The Labute approximate surface area is 269 Å². The van der Waals surface area contributed by atoms with Crippen LogP contribution in [0.2, 0.25) is 0 Å². The van der Waals surface area contributed by atoms with Gasteiger partial charge >= 0.3 is 0 Å². The molecule has 0 N–H and O–H groups in total. The van der Waals surface area contributed by atoms with E-state index in [1.807, 2.05) is 0 Å². The standard InChI is InChI=1S/C43H42N2/c1-5-32-43(3,4)36-22-30-42(31-23-36)45(38-14-10-7-11-15-38)41-28-20-35(21-29-41)34-18-26-40(27-19-34)44(37-12-8-6-9-13-37)39-24-16-33(2)17-25-39/h6-31H,5,32H2,1-4H3. The first-order valence-corrected chi connectivity index (χ1v) is 16.0. The average Bonchev–Trinajstić information content (AvgIpc) is 3.08. The van der Waals surface area contributed by atoms with Gasteiger partial charge in [0.2, 0.25) is 0 Å². The lowest BCUT2D eigenvalue weighted by atomic mass is 9.81. The molecule has 0 heterocycles. The van der Waals surface area contributed by atoms with E-state index < -0.39 is 0 Å². The van der Waals surface area contributed by atoms with E-state index in [0.717, 1.165) is 34.1 Å². The number of anilines is 6. The van der Waals surface area contributed by atoms with Crippen molar-refractivity contribution in [3.63, 3.8) is 0 Å². The van der Waals surface area contributed by atoms with Gasteiger partial charge < -0.3 is 9.80 Å². The van der Waals surface area contributed by atoms with E-state index in [4.69, 9.17) is 0 Å². The second kappa shape index (κ2) is 13.3. The van der Waals surface area contributed by atoms with Crippen molar-refractivity contribution in [2.45, 2.75) is 46.0 Å². The first-order valence-electron chi connectivity index (χ1n) is 16.0. The molecule has 0 saturated carbocycles. The lowest BCUT2D eigenvalue weighted by molar-refractivity contribution is 0.473. The van der Waals surface area contributed by atoms with Crippen molar-refractivity contribution in [1.29, 1.82) is 0 Å². The van der Waals surface area contributed by atoms with Crippen LogP contribution in [0.3, 0.4) is 0 Å². The van der Waals surface area contributed by atoms with Crippen molar-refractivity contribution >= 4 is 34.1 Å². The fourth-order valence-electron chi connectivity index (χ4n) is 6.18. The molecule has 0 fully saturated rings. The summed E-state index contributed by atoms with van der Waals surface area (Å²) < 4.78 is 0. The molecule has 0 aliphatic rings. The Balaban J connectivity index is 1.29. The van der Waals surface area contributed by atoms with Gasteiger partial charge in [0.15, 0.2) is 0 Å². The summed E-state index contributed by atoms with van der Waals surface area (Å²) in [5, 5.41) is 0. The summed E-state index contributed by atoms with van der Waals surface area (Å²) >= 11 is 0. The van der Waals surface area contributed by atoms with Crippen LogP contribution in [0.5, 0.6) is 0 Å². The first-order chi connectivity index (χ1) is 21.9. The summed E-state index contributed by atoms with van der Waals surface area (Å²) in [6.07, 6.45) is 2.35. The van der Waals surface area contributed by atoms with E-state index in [9.17, 15) is 0 Å². The van der Waals surface area contributed by atoms with Crippen molar-refractivity contribution in [2.75, 3.05) is 9.80 Å². The van der Waals surface area contributed by atoms with Crippen LogP contribution in [-0.4, -0.2) is 0 Å². The lowest BCUT2D eigenvalue weighted by Gasteiger charge is -2.28. The highest BCUT2D eigenvalue weighted by molar-refractivity contribution is 5.80. The second-order valence-corrected chi connectivity index (χ2v) is 12.5. The molecule has 0 spiro atoms. The van der Waals surface area contributed by atoms with Crippen molar-refractivity contribution in [1.82, 2.24) is 0 Å². The third-order valence-corrected chi connectivity index (χ3v) is 8.69. The zero-order valence-electron chi connectivity index (χ0n) is 26.8. The van der Waals surface area contributed by atoms with Gasteiger partial charge in [0.1, 0.15) is 0 Å². The van der Waals surface area contributed by atoms with Gasteiger partial charge in [-0.2, -0.15) is 0 Å². The van der Waals surface area contributed by atoms with Crippen LogP contribution >= 0.6 is 0 Å². The molecule has 224 valence electrons. The smallest absolute Gasteiger partial charge is 0.0462 e. The summed E-state index contributed by atoms with van der Waals surface area (Å²) in [4.78, 5) is 4.64. The Morgan fingerprint density at radius 1 is 0.422 bits per heavy atom. The van der Waals surface area contributed by atoms with Gasteiger partial charge in [-0.25, -0.2) is 0 Å². The van der Waals surface area contributed by atoms with Gasteiger partial charge in [0, 0.05) is 34.1 Å². The van der Waals surface area contributed by atoms with E-state index in [-0.39, 0.29) is 5.41 Å². The summed E-state index contributed by atoms with van der Waals surface area (Å²) in [5.41, 5.74) is 12.0. The number of hydrogen-bond acceptors (Lipinski definition) is 2. The quantitative estimate of drug-likeness (QED) is 0.157. The SMILES string of the molecule is CCCC(C)(C)c1ccc(N(c2ccccc2)c2ccc(-c3ccc(N(c4ccccc4)c4ccc(C)cc4)cc3)cc2)cc1. The number of hydrogen-bond donors (Lipinski definition) is 0. The van der Waals surface area contributed by atoms with E-state index >= 15 is 0 Å². The number of benzene rings is 6. The number of aryl methyl sites for hydroxylation is 1. The normalized spacial score (nSPS) is 11.3. The highest BCUT2D eigenvalue weighted by Crippen LogP contribution is 2.39. The molecule has 0 saturated heterocycles. The van der Waals surface area contributed by atoms with Crippen LogP contribution in [0.15, 0.2) is 158 Å². The fourth-order valence-corrected chi connectivity index (χ4v) is 6.18. The number of rotatable bonds is 10. The molecular formula is C43H42N2. The molecule has 2 nitrogen and oxygen atoms in total. The Hall–Kier alpha value is -5.08. The Morgan fingerprint density at radius 2 is 0.756 bits per heavy atom. The molecule has 0 bridgehead atoms. The van der Waals surface area contributed by atoms with E-state index in [2.05, 4.69) is 195 Å². The maximum absolute atomic E-state index is 2.34. The zero-order chi connectivity index (χ0) is 31.2. The minimum atomic E-state index is 0.167. The average molecular weight is 587 g/mol. The minimum absolute atomic E-state index is 0.167. The van der Waals surface area contributed by atoms with Gasteiger partial charge in [-0.05, 0) is 108 Å². The second-order valence-electron chi connectivity index (χ2n) is 12.5. The van der Waals surface area contributed by atoms with Crippen LogP contribution in [0, 0.1) is 6.92 Å². The largest absolute Gasteiger partial charge is 0.311 e. The van der Waals surface area contributed by atoms with Gasteiger partial charge in [-0.15, -0.1) is 0 Å². The van der Waals surface area contributed by atoms with Gasteiger partial charge in [0.05, 0.1) is 0 Å². The zero-order valence-corrected chi connectivity index (χ0v) is 26.8. The monoisotopic (exact) mass is 586 g/mol. The van der Waals surface area contributed by atoms with E-state index in [0.29, 0.717) is 0 Å². The fraction of sp³-hybridized carbons (Fsp3) is 0.163. The van der Waals surface area contributed by atoms with Gasteiger partial charge in [-0.1, -0.05) is 118 Å². The van der Waals surface area contributed by atoms with Crippen molar-refractivity contribution in [3.05, 3.63) is 169 Å². The molecular weight excluding hydrogens is 544 g/mol. The summed E-state index contributed by atoms with van der Waals surface area (Å²) in [6.45, 7) is 9.07. The molecule has 0 radical (unpaired) electrons. The highest BCUT2D eigenvalue weighted by atomic mass is 15.1. The topological polar surface area (TPSA) is 6.48 Å². The molecule has 6 rings (SSSR count). The molecule has 0 aromatic heterocycles. The predicted octanol–water partition coefficient (Wildman–Crippen LogP) is 12.7. The van der Waals surface area contributed by atoms with Crippen LogP contribution in [0.4, 0.5) is 34.1 Å². The molecule has 0 atom stereocenters. The van der Waals surface area contributed by atoms with Crippen LogP contribution in [-0.2, 0) is 5.41 Å². The Kier molecular flexibility index (Phi) is 8.84. The summed E-state index contributed by atoms with van der Waals surface area (Å²) in [6, 6.07) is 56.8. The van der Waals surface area contributed by atoms with Crippen LogP contribution < -0.4 is 9.80 Å². The predicted molar refractivity (Wildman–Crippen MR) is 194 cm³/mol. The van der Waals surface area contributed by atoms with Crippen molar-refractivity contribution in [3.8, 4) is 11.1 Å². The van der Waals surface area contributed by atoms with Crippen LogP contribution in [0.1, 0.15) is 44.7 Å². The number of para-hydroxylation sites is 2. The molecule has 0 aliphatic heterocycles. The van der Waals surface area contributed by atoms with Crippen LogP contribution in [0.25, 0.3) is 11.1 Å². The third kappa shape index (κ3) is 6.71. The number of nitrogens with zero attached hydrogens (tertiary/aromatic N) is 2. The minimum Gasteiger partial charge on any atom is -0.311 e. The summed E-state index contributed by atoms with van der Waals surface area (Å²) in [7, 11) is 0. The molecule has 2 heteroatoms.